The molecule has 0 rings (SSSR count). The van der Waals surface area contributed by atoms with Gasteiger partial charge in [-0.25, -0.2) is 0 Å². The minimum atomic E-state index is -4.49. The zero-order chi connectivity index (χ0) is 16.1. The molecule has 0 aliphatic carbocycles. The van der Waals surface area contributed by atoms with Crippen LogP contribution in [0.4, 0.5) is 13.2 Å². The minimum absolute atomic E-state index is 0.395. The maximum Gasteiger partial charge on any atom is 0.406 e. The number of rotatable bonds is 7. The first-order valence-electron chi connectivity index (χ1n) is 6.54. The summed E-state index contributed by atoms with van der Waals surface area (Å²) in [5, 5.41) is 8.96. The molecule has 0 aliphatic rings. The van der Waals surface area contributed by atoms with Crippen molar-refractivity contribution in [2.45, 2.75) is 59.2 Å². The molecule has 1 amide bonds. The molecule has 0 aromatic heterocycles. The van der Waals surface area contributed by atoms with Crippen LogP contribution >= 0.6 is 0 Å². The largest absolute Gasteiger partial charge is 0.481 e. The zero-order valence-electron chi connectivity index (χ0n) is 12.3. The second-order valence-corrected chi connectivity index (χ2v) is 5.47. The summed E-state index contributed by atoms with van der Waals surface area (Å²) >= 11 is 0. The van der Waals surface area contributed by atoms with Gasteiger partial charge in [-0.1, -0.05) is 13.8 Å². The summed E-state index contributed by atoms with van der Waals surface area (Å²) in [6, 6.07) is -0.534. The van der Waals surface area contributed by atoms with Crippen molar-refractivity contribution in [3.8, 4) is 0 Å². The molecule has 0 atom stereocenters. The smallest absolute Gasteiger partial charge is 0.406 e. The Labute approximate surface area is 116 Å². The van der Waals surface area contributed by atoms with Crippen LogP contribution in [-0.4, -0.2) is 40.6 Å². The number of alkyl halides is 3. The molecule has 0 aromatic rings. The molecule has 0 saturated carbocycles. The number of carboxylic acid groups (broad SMARTS) is 1. The van der Waals surface area contributed by atoms with Crippen LogP contribution < -0.4 is 0 Å². The Bertz CT molecular complexity index is 349. The third-order valence-electron chi connectivity index (χ3n) is 3.23. The van der Waals surface area contributed by atoms with E-state index in [9.17, 15) is 22.8 Å². The van der Waals surface area contributed by atoms with Gasteiger partial charge >= 0.3 is 12.1 Å². The van der Waals surface area contributed by atoms with Crippen LogP contribution in [0, 0.1) is 5.41 Å². The number of carboxylic acids is 1. The molecule has 4 nitrogen and oxygen atoms in total. The van der Waals surface area contributed by atoms with Gasteiger partial charge in [-0.3, -0.25) is 9.59 Å². The van der Waals surface area contributed by atoms with E-state index in [4.69, 9.17) is 5.11 Å². The van der Waals surface area contributed by atoms with Crippen LogP contribution in [0.25, 0.3) is 0 Å². The molecule has 0 heterocycles. The van der Waals surface area contributed by atoms with Crippen LogP contribution in [0.3, 0.4) is 0 Å². The Morgan fingerprint density at radius 2 is 1.60 bits per heavy atom. The second-order valence-electron chi connectivity index (χ2n) is 5.47. The lowest BCUT2D eigenvalue weighted by atomic mass is 9.88. The zero-order valence-corrected chi connectivity index (χ0v) is 12.3. The lowest BCUT2D eigenvalue weighted by molar-refractivity contribution is -0.169. The first-order chi connectivity index (χ1) is 8.94. The fourth-order valence-electron chi connectivity index (χ4n) is 1.90. The van der Waals surface area contributed by atoms with Crippen LogP contribution in [0.2, 0.25) is 0 Å². The number of nitrogens with zero attached hydrogens (tertiary/aromatic N) is 1. The average Bonchev–Trinajstić information content (AvgIpc) is 2.26. The molecule has 0 spiro atoms. The van der Waals surface area contributed by atoms with Crippen LogP contribution in [0.1, 0.15) is 47.0 Å². The number of carbonyl (C=O) groups excluding carboxylic acids is 1. The molecule has 1 N–H and O–H groups in total. The van der Waals surface area contributed by atoms with Crippen LogP contribution in [-0.2, 0) is 9.59 Å². The predicted molar refractivity (Wildman–Crippen MR) is 68.2 cm³/mol. The highest BCUT2D eigenvalue weighted by atomic mass is 19.4. The molecule has 0 radical (unpaired) electrons. The van der Waals surface area contributed by atoms with E-state index in [0.29, 0.717) is 12.8 Å². The summed E-state index contributed by atoms with van der Waals surface area (Å²) in [5.41, 5.74) is -1.38. The van der Waals surface area contributed by atoms with Crippen molar-refractivity contribution < 1.29 is 27.9 Å². The van der Waals surface area contributed by atoms with E-state index in [-0.39, 0.29) is 0 Å². The summed E-state index contributed by atoms with van der Waals surface area (Å²) < 4.78 is 37.7. The summed E-state index contributed by atoms with van der Waals surface area (Å²) in [6.07, 6.45) is -4.15. The van der Waals surface area contributed by atoms with E-state index >= 15 is 0 Å². The van der Waals surface area contributed by atoms with E-state index in [0.717, 1.165) is 4.90 Å². The van der Waals surface area contributed by atoms with E-state index in [2.05, 4.69) is 0 Å². The average molecular weight is 297 g/mol. The Kier molecular flexibility index (Phi) is 6.50. The summed E-state index contributed by atoms with van der Waals surface area (Å²) in [6.45, 7) is 4.71. The molecule has 0 fully saturated rings. The van der Waals surface area contributed by atoms with Crippen molar-refractivity contribution in [2.24, 2.45) is 5.41 Å². The van der Waals surface area contributed by atoms with Gasteiger partial charge in [0.05, 0.1) is 5.41 Å². The molecule has 0 unspecified atom stereocenters. The van der Waals surface area contributed by atoms with Gasteiger partial charge in [0.2, 0.25) is 5.91 Å². The number of amides is 1. The van der Waals surface area contributed by atoms with Gasteiger partial charge in [-0.2, -0.15) is 13.2 Å². The van der Waals surface area contributed by atoms with E-state index in [1.165, 1.54) is 13.8 Å². The van der Waals surface area contributed by atoms with Crippen molar-refractivity contribution in [3.05, 3.63) is 0 Å². The lowest BCUT2D eigenvalue weighted by Gasteiger charge is -2.33. The van der Waals surface area contributed by atoms with Crippen molar-refractivity contribution in [1.82, 2.24) is 4.90 Å². The van der Waals surface area contributed by atoms with Gasteiger partial charge in [0.1, 0.15) is 6.54 Å². The second kappa shape index (κ2) is 6.95. The van der Waals surface area contributed by atoms with Crippen LogP contribution in [0.5, 0.6) is 0 Å². The predicted octanol–water partition coefficient (Wildman–Crippen LogP) is 3.07. The van der Waals surface area contributed by atoms with Gasteiger partial charge in [-0.05, 0) is 26.7 Å². The monoisotopic (exact) mass is 297 g/mol. The summed E-state index contributed by atoms with van der Waals surface area (Å²) in [4.78, 5) is 23.8. The molecular formula is C13H22F3NO3. The topological polar surface area (TPSA) is 57.6 Å². The molecule has 20 heavy (non-hydrogen) atoms. The Balaban J connectivity index is 5.12. The summed E-state index contributed by atoms with van der Waals surface area (Å²) in [7, 11) is 0. The molecule has 0 bridgehead atoms. The molecular weight excluding hydrogens is 275 g/mol. The number of halogens is 3. The normalized spacial score (nSPS) is 12.6. The Morgan fingerprint density at radius 3 is 1.90 bits per heavy atom. The lowest BCUT2D eigenvalue weighted by Crippen LogP contribution is -2.47. The van der Waals surface area contributed by atoms with E-state index in [1.54, 1.807) is 13.8 Å². The molecule has 0 saturated heterocycles. The maximum absolute atomic E-state index is 12.6. The SMILES string of the molecule is CCC(CC)N(CC(F)(F)F)C(=O)CC(C)(C)C(=O)O. The van der Waals surface area contributed by atoms with Crippen molar-refractivity contribution in [1.29, 1.82) is 0 Å². The molecule has 7 heteroatoms. The fourth-order valence-corrected chi connectivity index (χ4v) is 1.90. The van der Waals surface area contributed by atoms with Gasteiger partial charge in [0, 0.05) is 12.5 Å². The summed E-state index contributed by atoms with van der Waals surface area (Å²) in [5.74, 6) is -1.98. The van der Waals surface area contributed by atoms with Gasteiger partial charge in [0.25, 0.3) is 0 Å². The highest BCUT2D eigenvalue weighted by Gasteiger charge is 2.38. The number of carbonyl (C=O) groups is 2. The number of hydrogen-bond donors (Lipinski definition) is 1. The Morgan fingerprint density at radius 1 is 1.15 bits per heavy atom. The molecule has 0 aliphatic heterocycles. The van der Waals surface area contributed by atoms with E-state index in [1.807, 2.05) is 0 Å². The maximum atomic E-state index is 12.6. The third kappa shape index (κ3) is 5.79. The quantitative estimate of drug-likeness (QED) is 0.785. The number of hydrogen-bond acceptors (Lipinski definition) is 2. The third-order valence-corrected chi connectivity index (χ3v) is 3.23. The molecule has 0 aromatic carbocycles. The van der Waals surface area contributed by atoms with Crippen molar-refractivity contribution in [3.63, 3.8) is 0 Å². The highest BCUT2D eigenvalue weighted by Crippen LogP contribution is 2.26. The fraction of sp³-hybridized carbons (Fsp3) is 0.846. The highest BCUT2D eigenvalue weighted by molar-refractivity contribution is 5.84. The first kappa shape index (κ1) is 18.7. The van der Waals surface area contributed by atoms with Crippen molar-refractivity contribution in [2.75, 3.05) is 6.54 Å². The van der Waals surface area contributed by atoms with Crippen LogP contribution in [0.15, 0.2) is 0 Å². The number of aliphatic carboxylic acids is 1. The minimum Gasteiger partial charge on any atom is -0.481 e. The van der Waals surface area contributed by atoms with Gasteiger partial charge in [0.15, 0.2) is 0 Å². The van der Waals surface area contributed by atoms with Gasteiger partial charge in [-0.15, -0.1) is 0 Å². The van der Waals surface area contributed by atoms with E-state index < -0.39 is 42.5 Å². The first-order valence-corrected chi connectivity index (χ1v) is 6.54. The molecule has 118 valence electrons. The van der Waals surface area contributed by atoms with Gasteiger partial charge < -0.3 is 10.0 Å². The van der Waals surface area contributed by atoms with Crippen molar-refractivity contribution >= 4 is 11.9 Å². The Hall–Kier alpha value is -1.27. The standard InChI is InChI=1S/C13H22F3NO3/c1-5-9(6-2)17(8-13(14,15)16)10(18)7-12(3,4)11(19)20/h9H,5-8H2,1-4H3,(H,19,20).